The lowest BCUT2D eigenvalue weighted by molar-refractivity contribution is -0.131. The van der Waals surface area contributed by atoms with Gasteiger partial charge in [0.2, 0.25) is 0 Å². The Balaban J connectivity index is 1.33. The summed E-state index contributed by atoms with van der Waals surface area (Å²) in [6.45, 7) is 6.50. The molecule has 3 saturated heterocycles. The van der Waals surface area contributed by atoms with Gasteiger partial charge in [-0.05, 0) is 68.2 Å². The van der Waals surface area contributed by atoms with Gasteiger partial charge in [-0.25, -0.2) is 13.2 Å². The van der Waals surface area contributed by atoms with E-state index in [1.807, 2.05) is 21.9 Å². The van der Waals surface area contributed by atoms with Crippen molar-refractivity contribution in [2.45, 2.75) is 81.7 Å². The Hall–Kier alpha value is -3.36. The molecule has 1 aromatic carbocycles. The second-order valence-electron chi connectivity index (χ2n) is 12.8. The van der Waals surface area contributed by atoms with Crippen LogP contribution in [0.15, 0.2) is 30.6 Å². The highest BCUT2D eigenvalue weighted by molar-refractivity contribution is 6.31. The average Bonchev–Trinajstić information content (AvgIpc) is 3.50. The van der Waals surface area contributed by atoms with Gasteiger partial charge in [-0.1, -0.05) is 37.2 Å². The van der Waals surface area contributed by atoms with Gasteiger partial charge in [0.25, 0.3) is 11.8 Å². The number of piperazine rings is 1. The van der Waals surface area contributed by atoms with Gasteiger partial charge >= 0.3 is 6.01 Å². The largest absolute Gasteiger partial charge is 0.461 e. The van der Waals surface area contributed by atoms with Crippen LogP contribution < -0.4 is 9.64 Å². The van der Waals surface area contributed by atoms with Gasteiger partial charge in [0.15, 0.2) is 5.83 Å². The number of carbonyl (C=O) groups is 1. The lowest BCUT2D eigenvalue weighted by Crippen LogP contribution is -2.55. The van der Waals surface area contributed by atoms with E-state index in [1.54, 1.807) is 0 Å². The van der Waals surface area contributed by atoms with E-state index in [4.69, 9.17) is 26.3 Å². The van der Waals surface area contributed by atoms with E-state index in [9.17, 15) is 23.2 Å². The number of fused-ring (bicyclic) bond motifs is 2. The van der Waals surface area contributed by atoms with Crippen LogP contribution in [0, 0.1) is 11.3 Å². The topological polar surface area (TPSA) is 85.6 Å². The van der Waals surface area contributed by atoms with Crippen LogP contribution in [0.2, 0.25) is 5.02 Å². The lowest BCUT2D eigenvalue weighted by Gasteiger charge is -2.42. The molecule has 12 heteroatoms. The fourth-order valence-corrected chi connectivity index (χ4v) is 8.23. The van der Waals surface area contributed by atoms with Gasteiger partial charge in [0.05, 0.1) is 36.3 Å². The zero-order chi connectivity index (χ0) is 31.9. The Morgan fingerprint density at radius 2 is 2.09 bits per heavy atom. The van der Waals surface area contributed by atoms with Gasteiger partial charge in [-0.2, -0.15) is 15.2 Å². The predicted molar refractivity (Wildman–Crippen MR) is 164 cm³/mol. The van der Waals surface area contributed by atoms with Crippen LogP contribution in [-0.2, 0) is 24.1 Å². The molecule has 0 N–H and O–H groups in total. The molecule has 3 atom stereocenters. The SMILES string of the molecule is C=C(F)C(=O)N1CCN(c2nc(OCC34CCCN3CC(F)(F)C4)nc3c2CCC(c2cccc(Cl)c2CC)C3)CC1CC#N. The Labute approximate surface area is 266 Å². The molecule has 0 spiro atoms. The molecule has 0 saturated carbocycles. The number of hydrogen-bond donors (Lipinski definition) is 0. The highest BCUT2D eigenvalue weighted by atomic mass is 35.5. The van der Waals surface area contributed by atoms with Crippen molar-refractivity contribution in [2.75, 3.05) is 44.2 Å². The van der Waals surface area contributed by atoms with Crippen LogP contribution in [0.1, 0.15) is 67.3 Å². The van der Waals surface area contributed by atoms with Crippen LogP contribution in [0.5, 0.6) is 6.01 Å². The van der Waals surface area contributed by atoms with Gasteiger partial charge in [0, 0.05) is 36.6 Å². The molecule has 240 valence electrons. The molecule has 1 aliphatic carbocycles. The number of rotatable bonds is 8. The van der Waals surface area contributed by atoms with Crippen molar-refractivity contribution in [3.05, 3.63) is 58.0 Å². The Kier molecular flexibility index (Phi) is 8.74. The Bertz CT molecular complexity index is 1530. The first-order valence-electron chi connectivity index (χ1n) is 15.7. The van der Waals surface area contributed by atoms with Crippen molar-refractivity contribution >= 4 is 23.3 Å². The molecule has 4 aliphatic rings. The fourth-order valence-electron chi connectivity index (χ4n) is 7.92. The number of nitrogens with zero attached hydrogens (tertiary/aromatic N) is 6. The monoisotopic (exact) mass is 642 g/mol. The zero-order valence-corrected chi connectivity index (χ0v) is 26.3. The molecule has 3 aliphatic heterocycles. The van der Waals surface area contributed by atoms with E-state index in [0.717, 1.165) is 41.1 Å². The minimum Gasteiger partial charge on any atom is -0.461 e. The molecule has 3 fully saturated rings. The summed E-state index contributed by atoms with van der Waals surface area (Å²) >= 11 is 6.57. The third-order valence-electron chi connectivity index (χ3n) is 10.0. The highest BCUT2D eigenvalue weighted by Gasteiger charge is 2.57. The standard InChI is InChI=1S/C33H38ClF3N6O2/c1-3-24-25(6-4-7-27(24)34)22-8-9-26-28(16-22)39-31(45-20-32-11-5-13-42(32)19-33(36,37)18-32)40-29(26)41-14-15-43(30(44)21(2)35)23(17-41)10-12-38/h4,6-7,22-23H,2-3,5,8-11,13-20H2,1H3. The summed E-state index contributed by atoms with van der Waals surface area (Å²) in [6, 6.07) is 7.70. The summed E-state index contributed by atoms with van der Waals surface area (Å²) in [5.41, 5.74) is 3.37. The molecule has 45 heavy (non-hydrogen) atoms. The van der Waals surface area contributed by atoms with Crippen molar-refractivity contribution in [2.24, 2.45) is 0 Å². The van der Waals surface area contributed by atoms with Crippen molar-refractivity contribution in [3.63, 3.8) is 0 Å². The number of alkyl halides is 2. The van der Waals surface area contributed by atoms with E-state index in [1.165, 1.54) is 10.5 Å². The normalized spacial score (nSPS) is 25.9. The number of aromatic nitrogens is 2. The van der Waals surface area contributed by atoms with Crippen molar-refractivity contribution in [3.8, 4) is 12.1 Å². The summed E-state index contributed by atoms with van der Waals surface area (Å²) < 4.78 is 49.0. The van der Waals surface area contributed by atoms with Crippen LogP contribution in [0.3, 0.4) is 0 Å². The first-order valence-corrected chi connectivity index (χ1v) is 16.1. The van der Waals surface area contributed by atoms with Gasteiger partial charge in [-0.15, -0.1) is 0 Å². The third-order valence-corrected chi connectivity index (χ3v) is 10.4. The number of carbonyl (C=O) groups excluding carboxylic acids is 1. The fraction of sp³-hybridized carbons (Fsp3) is 0.576. The van der Waals surface area contributed by atoms with Gasteiger partial charge in [0.1, 0.15) is 12.4 Å². The van der Waals surface area contributed by atoms with Crippen LogP contribution >= 0.6 is 11.6 Å². The quantitative estimate of drug-likeness (QED) is 0.345. The second-order valence-corrected chi connectivity index (χ2v) is 13.2. The molecule has 2 aromatic rings. The molecule has 0 bridgehead atoms. The summed E-state index contributed by atoms with van der Waals surface area (Å²) in [4.78, 5) is 27.5. The number of benzene rings is 1. The maximum atomic E-state index is 14.5. The molecule has 6 rings (SSSR count). The maximum absolute atomic E-state index is 14.5. The maximum Gasteiger partial charge on any atom is 0.318 e. The minimum atomic E-state index is -2.76. The number of ether oxygens (including phenoxy) is 1. The van der Waals surface area contributed by atoms with Gasteiger partial charge < -0.3 is 14.5 Å². The summed E-state index contributed by atoms with van der Waals surface area (Å²) in [7, 11) is 0. The smallest absolute Gasteiger partial charge is 0.318 e. The Morgan fingerprint density at radius 3 is 2.84 bits per heavy atom. The summed E-state index contributed by atoms with van der Waals surface area (Å²) in [5.74, 6) is -3.80. The average molecular weight is 643 g/mol. The van der Waals surface area contributed by atoms with E-state index in [0.29, 0.717) is 38.2 Å². The molecular weight excluding hydrogens is 605 g/mol. The molecule has 8 nitrogen and oxygen atoms in total. The van der Waals surface area contributed by atoms with E-state index < -0.39 is 29.2 Å². The summed E-state index contributed by atoms with van der Waals surface area (Å²) in [6.07, 6.45) is 4.22. The van der Waals surface area contributed by atoms with E-state index in [-0.39, 0.29) is 51.0 Å². The number of anilines is 1. The lowest BCUT2D eigenvalue weighted by atomic mass is 9.80. The second kappa shape index (κ2) is 12.4. The first-order chi connectivity index (χ1) is 21.5. The molecule has 1 amide bonds. The zero-order valence-electron chi connectivity index (χ0n) is 25.5. The highest BCUT2D eigenvalue weighted by Crippen LogP contribution is 2.46. The van der Waals surface area contributed by atoms with E-state index in [2.05, 4.69) is 25.6 Å². The van der Waals surface area contributed by atoms with Gasteiger partial charge in [-0.3, -0.25) is 9.69 Å². The van der Waals surface area contributed by atoms with Crippen molar-refractivity contribution < 1.29 is 22.7 Å². The van der Waals surface area contributed by atoms with Crippen molar-refractivity contribution in [1.29, 1.82) is 5.26 Å². The van der Waals surface area contributed by atoms with Crippen LogP contribution in [0.4, 0.5) is 19.0 Å². The van der Waals surface area contributed by atoms with E-state index >= 15 is 0 Å². The third kappa shape index (κ3) is 6.11. The minimum absolute atomic E-state index is 0.0232. The number of halogens is 4. The predicted octanol–water partition coefficient (Wildman–Crippen LogP) is 5.63. The number of nitriles is 1. The molecular formula is C33H38ClF3N6O2. The molecule has 1 aromatic heterocycles. The summed E-state index contributed by atoms with van der Waals surface area (Å²) in [5, 5.41) is 10.2. The van der Waals surface area contributed by atoms with Crippen LogP contribution in [-0.4, -0.2) is 82.5 Å². The van der Waals surface area contributed by atoms with Crippen LogP contribution in [0.25, 0.3) is 0 Å². The number of hydrogen-bond acceptors (Lipinski definition) is 7. The first kappa shape index (κ1) is 31.6. The molecule has 4 heterocycles. The number of amides is 1. The van der Waals surface area contributed by atoms with Crippen molar-refractivity contribution in [1.82, 2.24) is 19.8 Å². The Morgan fingerprint density at radius 1 is 1.27 bits per heavy atom. The molecule has 3 unspecified atom stereocenters. The molecule has 0 radical (unpaired) electrons.